The number of carbonyl (C=O) groups is 1. The van der Waals surface area contributed by atoms with Gasteiger partial charge in [0.05, 0.1) is 16.3 Å². The Morgan fingerprint density at radius 3 is 2.29 bits per heavy atom. The van der Waals surface area contributed by atoms with Gasteiger partial charge in [-0.15, -0.1) is 0 Å². The fourth-order valence-corrected chi connectivity index (χ4v) is 4.87. The van der Waals surface area contributed by atoms with Gasteiger partial charge in [0, 0.05) is 38.1 Å². The fraction of sp³-hybridized carbons (Fsp3) is 0.368. The first kappa shape index (κ1) is 23.5. The Balaban J connectivity index is 1.53. The minimum Gasteiger partial charge on any atom is -0.325 e. The fourth-order valence-electron chi connectivity index (χ4n) is 2.86. The summed E-state index contributed by atoms with van der Waals surface area (Å²) in [6.07, 6.45) is -3.17. The molecule has 1 aromatic heterocycles. The molecule has 1 fully saturated rings. The third-order valence-electron chi connectivity index (χ3n) is 4.66. The number of thioether (sulfide) groups is 1. The molecule has 1 N–H and O–H groups in total. The number of carbonyl (C=O) groups excluding carboxylic acids is 1. The summed E-state index contributed by atoms with van der Waals surface area (Å²) in [5.41, 5.74) is -0.545. The average molecular weight is 475 g/mol. The number of nitrogens with one attached hydrogen (secondary N) is 1. The predicted molar refractivity (Wildman–Crippen MR) is 111 cm³/mol. The van der Waals surface area contributed by atoms with Gasteiger partial charge in [0.25, 0.3) is 0 Å². The van der Waals surface area contributed by atoms with Crippen LogP contribution in [0.15, 0.2) is 52.5 Å². The Morgan fingerprint density at radius 1 is 1.10 bits per heavy atom. The number of nitrogens with zero attached hydrogens (tertiary/aromatic N) is 3. The zero-order valence-electron chi connectivity index (χ0n) is 16.6. The van der Waals surface area contributed by atoms with E-state index in [1.807, 2.05) is 7.05 Å². The zero-order valence-corrected chi connectivity index (χ0v) is 18.2. The topological polar surface area (TPSA) is 82.6 Å². The van der Waals surface area contributed by atoms with Crippen LogP contribution in [0.3, 0.4) is 0 Å². The van der Waals surface area contributed by atoms with E-state index >= 15 is 0 Å². The number of alkyl halides is 3. The Bertz CT molecular complexity index is 1010. The van der Waals surface area contributed by atoms with E-state index in [1.165, 1.54) is 34.8 Å². The first-order chi connectivity index (χ1) is 14.6. The lowest BCUT2D eigenvalue weighted by Gasteiger charge is -2.31. The van der Waals surface area contributed by atoms with E-state index in [9.17, 15) is 26.4 Å². The van der Waals surface area contributed by atoms with Gasteiger partial charge in [0.1, 0.15) is 4.90 Å². The molecule has 0 saturated carbocycles. The summed E-state index contributed by atoms with van der Waals surface area (Å²) in [7, 11) is -1.68. The van der Waals surface area contributed by atoms with Gasteiger partial charge in [-0.3, -0.25) is 4.79 Å². The number of rotatable bonds is 6. The molecular formula is C19H21F3N4O3S2. The number of hydrogen-bond donors (Lipinski definition) is 1. The summed E-state index contributed by atoms with van der Waals surface area (Å²) < 4.78 is 64.5. The number of amides is 1. The van der Waals surface area contributed by atoms with Gasteiger partial charge < -0.3 is 10.2 Å². The standard InChI is InChI=1S/C19H21F3N4O3S2/c1-25-8-10-26(11-9-25)31(28,29)16-6-7-18(23-12-16)30-13-17(27)24-15-4-2-14(3-5-15)19(20,21)22/h2-7,12H,8-11,13H2,1H3,(H,24,27). The average Bonchev–Trinajstić information content (AvgIpc) is 2.73. The van der Waals surface area contributed by atoms with Crippen molar-refractivity contribution in [3.05, 3.63) is 48.2 Å². The van der Waals surface area contributed by atoms with E-state index in [1.54, 1.807) is 0 Å². The highest BCUT2D eigenvalue weighted by molar-refractivity contribution is 7.99. The van der Waals surface area contributed by atoms with Crippen LogP contribution in [-0.4, -0.2) is 67.5 Å². The first-order valence-corrected chi connectivity index (χ1v) is 11.7. The highest BCUT2D eigenvalue weighted by Gasteiger charge is 2.30. The molecule has 0 atom stereocenters. The number of halogens is 3. The Hall–Kier alpha value is -2.15. The minimum atomic E-state index is -4.44. The molecule has 168 valence electrons. The number of sulfonamides is 1. The molecule has 1 aliphatic heterocycles. The number of aromatic nitrogens is 1. The molecule has 1 saturated heterocycles. The first-order valence-electron chi connectivity index (χ1n) is 9.30. The van der Waals surface area contributed by atoms with E-state index in [0.717, 1.165) is 23.9 Å². The molecule has 2 aromatic rings. The second-order valence-electron chi connectivity index (χ2n) is 6.95. The molecule has 12 heteroatoms. The maximum absolute atomic E-state index is 12.7. The van der Waals surface area contributed by atoms with Crippen LogP contribution >= 0.6 is 11.8 Å². The Morgan fingerprint density at radius 2 is 1.74 bits per heavy atom. The molecule has 7 nitrogen and oxygen atoms in total. The zero-order chi connectivity index (χ0) is 22.6. The van der Waals surface area contributed by atoms with Crippen molar-refractivity contribution in [3.8, 4) is 0 Å². The SMILES string of the molecule is CN1CCN(S(=O)(=O)c2ccc(SCC(=O)Nc3ccc(C(F)(F)F)cc3)nc2)CC1. The van der Waals surface area contributed by atoms with Crippen molar-refractivity contribution in [1.29, 1.82) is 0 Å². The highest BCUT2D eigenvalue weighted by atomic mass is 32.2. The minimum absolute atomic E-state index is 0.0292. The molecule has 1 aliphatic rings. The quantitative estimate of drug-likeness (QED) is 0.649. The summed E-state index contributed by atoms with van der Waals surface area (Å²) in [4.78, 5) is 18.3. The lowest BCUT2D eigenvalue weighted by Crippen LogP contribution is -2.47. The van der Waals surface area contributed by atoms with Gasteiger partial charge in [0.15, 0.2) is 0 Å². The number of hydrogen-bond acceptors (Lipinski definition) is 6. The summed E-state index contributed by atoms with van der Waals surface area (Å²) in [6.45, 7) is 2.15. The van der Waals surface area contributed by atoms with Gasteiger partial charge in [-0.2, -0.15) is 17.5 Å². The van der Waals surface area contributed by atoms with Gasteiger partial charge >= 0.3 is 6.18 Å². The molecule has 0 spiro atoms. The smallest absolute Gasteiger partial charge is 0.325 e. The molecule has 0 aliphatic carbocycles. The van der Waals surface area contributed by atoms with Crippen LogP contribution in [0.25, 0.3) is 0 Å². The third kappa shape index (κ3) is 6.19. The molecule has 31 heavy (non-hydrogen) atoms. The monoisotopic (exact) mass is 474 g/mol. The van der Waals surface area contributed by atoms with Gasteiger partial charge in [0.2, 0.25) is 15.9 Å². The van der Waals surface area contributed by atoms with Gasteiger partial charge in [-0.1, -0.05) is 11.8 Å². The number of anilines is 1. The lowest BCUT2D eigenvalue weighted by molar-refractivity contribution is -0.137. The van der Waals surface area contributed by atoms with Crippen LogP contribution in [0.5, 0.6) is 0 Å². The number of piperazine rings is 1. The largest absolute Gasteiger partial charge is 0.416 e. The van der Waals surface area contributed by atoms with Crippen molar-refractivity contribution in [3.63, 3.8) is 0 Å². The molecule has 0 unspecified atom stereocenters. The number of pyridine rings is 1. The number of likely N-dealkylation sites (N-methyl/N-ethyl adjacent to an activating group) is 1. The Kier molecular flexibility index (Phi) is 7.24. The molecule has 1 amide bonds. The van der Waals surface area contributed by atoms with Crippen molar-refractivity contribution in [2.24, 2.45) is 0 Å². The lowest BCUT2D eigenvalue weighted by atomic mass is 10.2. The van der Waals surface area contributed by atoms with E-state index in [0.29, 0.717) is 31.2 Å². The van der Waals surface area contributed by atoms with Crippen molar-refractivity contribution in [2.45, 2.75) is 16.1 Å². The van der Waals surface area contributed by atoms with Crippen molar-refractivity contribution in [1.82, 2.24) is 14.2 Å². The second-order valence-corrected chi connectivity index (χ2v) is 9.89. The molecular weight excluding hydrogens is 453 g/mol. The summed E-state index contributed by atoms with van der Waals surface area (Å²) in [6, 6.07) is 7.13. The van der Waals surface area contributed by atoms with Gasteiger partial charge in [-0.05, 0) is 43.4 Å². The van der Waals surface area contributed by atoms with E-state index in [4.69, 9.17) is 0 Å². The normalized spacial score (nSPS) is 16.3. The van der Waals surface area contributed by atoms with Crippen LogP contribution in [-0.2, 0) is 21.0 Å². The molecule has 0 bridgehead atoms. The Labute approximate surface area is 182 Å². The van der Waals surface area contributed by atoms with E-state index in [2.05, 4.69) is 15.2 Å². The number of benzene rings is 1. The van der Waals surface area contributed by atoms with E-state index in [-0.39, 0.29) is 16.3 Å². The van der Waals surface area contributed by atoms with Crippen molar-refractivity contribution < 1.29 is 26.4 Å². The molecule has 2 heterocycles. The van der Waals surface area contributed by atoms with Crippen LogP contribution in [0.2, 0.25) is 0 Å². The maximum Gasteiger partial charge on any atom is 0.416 e. The summed E-state index contributed by atoms with van der Waals surface area (Å²) in [5.74, 6) is -0.445. The molecule has 1 aromatic carbocycles. The van der Waals surface area contributed by atoms with Crippen LogP contribution < -0.4 is 5.32 Å². The van der Waals surface area contributed by atoms with E-state index < -0.39 is 27.7 Å². The van der Waals surface area contributed by atoms with Gasteiger partial charge in [-0.25, -0.2) is 13.4 Å². The molecule has 0 radical (unpaired) electrons. The van der Waals surface area contributed by atoms with Crippen LogP contribution in [0.4, 0.5) is 18.9 Å². The van der Waals surface area contributed by atoms with Crippen molar-refractivity contribution in [2.75, 3.05) is 44.3 Å². The second kappa shape index (κ2) is 9.55. The molecule has 3 rings (SSSR count). The maximum atomic E-state index is 12.7. The third-order valence-corrected chi connectivity index (χ3v) is 7.48. The van der Waals surface area contributed by atoms with Crippen LogP contribution in [0.1, 0.15) is 5.56 Å². The van der Waals surface area contributed by atoms with Crippen LogP contribution in [0, 0.1) is 0 Å². The summed E-state index contributed by atoms with van der Waals surface area (Å²) >= 11 is 1.09. The predicted octanol–water partition coefficient (Wildman–Crippen LogP) is 2.77. The summed E-state index contributed by atoms with van der Waals surface area (Å²) in [5, 5.41) is 2.97. The van der Waals surface area contributed by atoms with Crippen molar-refractivity contribution >= 4 is 33.4 Å². The highest BCUT2D eigenvalue weighted by Crippen LogP contribution is 2.30.